The highest BCUT2D eigenvalue weighted by molar-refractivity contribution is 5.90. The SMILES string of the molecule is Cn1ccnc1C(NC(=O)C1c2ccccc2Oc2ccccc21)c1ccc(F)cc1. The summed E-state index contributed by atoms with van der Waals surface area (Å²) < 4.78 is 21.4. The van der Waals surface area contributed by atoms with Crippen LogP contribution in [0.5, 0.6) is 11.5 Å². The summed E-state index contributed by atoms with van der Waals surface area (Å²) in [5.74, 6) is 0.938. The second-order valence-corrected chi connectivity index (χ2v) is 7.50. The number of carbonyl (C=O) groups excluding carboxylic acids is 1. The zero-order chi connectivity index (χ0) is 21.4. The molecular weight excluding hydrogens is 393 g/mol. The van der Waals surface area contributed by atoms with Crippen LogP contribution in [-0.4, -0.2) is 15.5 Å². The minimum atomic E-state index is -0.538. The number of rotatable bonds is 4. The van der Waals surface area contributed by atoms with Crippen molar-refractivity contribution in [1.29, 1.82) is 0 Å². The molecule has 0 saturated carbocycles. The predicted octanol–water partition coefficient (Wildman–Crippen LogP) is 4.70. The molecule has 31 heavy (non-hydrogen) atoms. The van der Waals surface area contributed by atoms with E-state index in [9.17, 15) is 9.18 Å². The minimum Gasteiger partial charge on any atom is -0.457 e. The standard InChI is InChI=1S/C25H20FN3O2/c1-29-15-14-27-24(29)23(16-10-12-17(26)13-11-16)28-25(30)22-18-6-2-4-8-20(18)31-21-9-5-3-7-19(21)22/h2-15,22-23H,1H3,(H,28,30). The first-order valence-corrected chi connectivity index (χ1v) is 10.0. The topological polar surface area (TPSA) is 56.2 Å². The molecule has 2 heterocycles. The molecule has 154 valence electrons. The molecule has 1 N–H and O–H groups in total. The van der Waals surface area contributed by atoms with Gasteiger partial charge in [0.1, 0.15) is 29.2 Å². The molecule has 0 fully saturated rings. The van der Waals surface area contributed by atoms with Gasteiger partial charge in [-0.15, -0.1) is 0 Å². The van der Waals surface area contributed by atoms with Crippen molar-refractivity contribution >= 4 is 5.91 Å². The van der Waals surface area contributed by atoms with Crippen LogP contribution < -0.4 is 10.1 Å². The summed E-state index contributed by atoms with van der Waals surface area (Å²) in [5.41, 5.74) is 2.35. The number of carbonyl (C=O) groups is 1. The number of nitrogens with zero attached hydrogens (tertiary/aromatic N) is 2. The second-order valence-electron chi connectivity index (χ2n) is 7.50. The van der Waals surface area contributed by atoms with Crippen LogP contribution in [-0.2, 0) is 11.8 Å². The Morgan fingerprint density at radius 3 is 2.19 bits per heavy atom. The average molecular weight is 413 g/mol. The molecule has 0 spiro atoms. The summed E-state index contributed by atoms with van der Waals surface area (Å²) in [6.07, 6.45) is 3.49. The first-order chi connectivity index (χ1) is 15.1. The minimum absolute atomic E-state index is 0.180. The Hall–Kier alpha value is -3.93. The van der Waals surface area contributed by atoms with Crippen LogP contribution in [0.2, 0.25) is 0 Å². The number of fused-ring (bicyclic) bond motifs is 2. The monoisotopic (exact) mass is 413 g/mol. The van der Waals surface area contributed by atoms with Crippen LogP contribution in [0.4, 0.5) is 4.39 Å². The largest absolute Gasteiger partial charge is 0.457 e. The molecule has 5 rings (SSSR count). The Labute approximate surface area is 179 Å². The van der Waals surface area contributed by atoms with Gasteiger partial charge in [0, 0.05) is 30.6 Å². The van der Waals surface area contributed by atoms with Gasteiger partial charge in [0.2, 0.25) is 5.91 Å². The number of halogens is 1. The summed E-state index contributed by atoms with van der Waals surface area (Å²) >= 11 is 0. The van der Waals surface area contributed by atoms with Crippen LogP contribution >= 0.6 is 0 Å². The van der Waals surface area contributed by atoms with Gasteiger partial charge < -0.3 is 14.6 Å². The lowest BCUT2D eigenvalue weighted by Crippen LogP contribution is -2.36. The number of amides is 1. The summed E-state index contributed by atoms with van der Waals surface area (Å²) in [6.45, 7) is 0. The zero-order valence-electron chi connectivity index (χ0n) is 16.8. The van der Waals surface area contributed by atoms with E-state index in [4.69, 9.17) is 4.74 Å². The maximum Gasteiger partial charge on any atom is 0.233 e. The summed E-state index contributed by atoms with van der Waals surface area (Å²) in [6, 6.07) is 20.7. The first-order valence-electron chi connectivity index (χ1n) is 10.0. The molecule has 1 aromatic heterocycles. The van der Waals surface area contributed by atoms with Gasteiger partial charge in [-0.3, -0.25) is 4.79 Å². The number of aromatic nitrogens is 2. The molecule has 0 saturated heterocycles. The van der Waals surface area contributed by atoms with Gasteiger partial charge in [-0.25, -0.2) is 9.37 Å². The van der Waals surface area contributed by atoms with Gasteiger partial charge >= 0.3 is 0 Å². The van der Waals surface area contributed by atoms with Gasteiger partial charge in [-0.1, -0.05) is 48.5 Å². The fourth-order valence-corrected chi connectivity index (χ4v) is 4.03. The molecule has 5 nitrogen and oxygen atoms in total. The van der Waals surface area contributed by atoms with Crippen molar-refractivity contribution in [2.45, 2.75) is 12.0 Å². The molecule has 0 radical (unpaired) electrons. The van der Waals surface area contributed by atoms with Crippen molar-refractivity contribution in [2.24, 2.45) is 7.05 Å². The first kappa shape index (κ1) is 19.1. The van der Waals surface area contributed by atoms with Gasteiger partial charge in [0.15, 0.2) is 0 Å². The van der Waals surface area contributed by atoms with Crippen molar-refractivity contribution in [3.63, 3.8) is 0 Å². The third-order valence-corrected chi connectivity index (χ3v) is 5.55. The van der Waals surface area contributed by atoms with Gasteiger partial charge in [0.25, 0.3) is 0 Å². The van der Waals surface area contributed by atoms with Crippen LogP contribution in [0.1, 0.15) is 34.5 Å². The van der Waals surface area contributed by atoms with E-state index in [0.29, 0.717) is 17.3 Å². The number of nitrogens with one attached hydrogen (secondary N) is 1. The maximum atomic E-state index is 13.7. The molecule has 4 aromatic rings. The quantitative estimate of drug-likeness (QED) is 0.528. The Bertz CT molecular complexity index is 1200. The van der Waals surface area contributed by atoms with E-state index < -0.39 is 12.0 Å². The van der Waals surface area contributed by atoms with Crippen LogP contribution in [0, 0.1) is 5.82 Å². The van der Waals surface area contributed by atoms with Crippen molar-refractivity contribution in [2.75, 3.05) is 0 Å². The number of hydrogen-bond donors (Lipinski definition) is 1. The predicted molar refractivity (Wildman–Crippen MR) is 114 cm³/mol. The van der Waals surface area contributed by atoms with Crippen molar-refractivity contribution in [3.8, 4) is 11.5 Å². The lowest BCUT2D eigenvalue weighted by molar-refractivity contribution is -0.122. The smallest absolute Gasteiger partial charge is 0.233 e. The Morgan fingerprint density at radius 1 is 1.00 bits per heavy atom. The normalized spacial score (nSPS) is 13.6. The van der Waals surface area contributed by atoms with Crippen LogP contribution in [0.3, 0.4) is 0 Å². The van der Waals surface area contributed by atoms with Gasteiger partial charge in [-0.2, -0.15) is 0 Å². The molecule has 1 unspecified atom stereocenters. The van der Waals surface area contributed by atoms with E-state index in [-0.39, 0.29) is 11.7 Å². The van der Waals surface area contributed by atoms with Crippen LogP contribution in [0.25, 0.3) is 0 Å². The van der Waals surface area contributed by atoms with Gasteiger partial charge in [0.05, 0.1) is 5.92 Å². The van der Waals surface area contributed by atoms with Crippen molar-refractivity contribution in [3.05, 3.63) is 114 Å². The average Bonchev–Trinajstić information content (AvgIpc) is 3.22. The lowest BCUT2D eigenvalue weighted by Gasteiger charge is -2.29. The van der Waals surface area contributed by atoms with E-state index in [1.807, 2.05) is 66.3 Å². The number of benzene rings is 3. The van der Waals surface area contributed by atoms with Gasteiger partial charge in [-0.05, 0) is 29.8 Å². The van der Waals surface area contributed by atoms with E-state index >= 15 is 0 Å². The van der Waals surface area contributed by atoms with E-state index in [0.717, 1.165) is 16.7 Å². The van der Waals surface area contributed by atoms with E-state index in [2.05, 4.69) is 10.3 Å². The zero-order valence-corrected chi connectivity index (χ0v) is 16.8. The Balaban J connectivity index is 1.56. The maximum absolute atomic E-state index is 13.7. The fourth-order valence-electron chi connectivity index (χ4n) is 4.03. The highest BCUT2D eigenvalue weighted by Crippen LogP contribution is 2.44. The molecule has 0 aliphatic carbocycles. The Kier molecular flexibility index (Phi) is 4.75. The molecule has 1 amide bonds. The number of hydrogen-bond acceptors (Lipinski definition) is 3. The van der Waals surface area contributed by atoms with Crippen LogP contribution in [0.15, 0.2) is 85.2 Å². The molecule has 6 heteroatoms. The lowest BCUT2D eigenvalue weighted by atomic mass is 9.87. The highest BCUT2D eigenvalue weighted by atomic mass is 19.1. The molecule has 1 aliphatic heterocycles. The third kappa shape index (κ3) is 3.46. The molecule has 0 bridgehead atoms. The van der Waals surface area contributed by atoms with Crippen molar-refractivity contribution in [1.82, 2.24) is 14.9 Å². The molecule has 1 atom stereocenters. The number of aryl methyl sites for hydroxylation is 1. The molecule has 3 aromatic carbocycles. The number of para-hydroxylation sites is 2. The van der Waals surface area contributed by atoms with Crippen molar-refractivity contribution < 1.29 is 13.9 Å². The fraction of sp³-hybridized carbons (Fsp3) is 0.120. The number of ether oxygens (including phenoxy) is 1. The summed E-state index contributed by atoms with van der Waals surface area (Å²) in [4.78, 5) is 18.1. The molecular formula is C25H20FN3O2. The molecule has 1 aliphatic rings. The highest BCUT2D eigenvalue weighted by Gasteiger charge is 2.34. The Morgan fingerprint density at radius 2 is 1.61 bits per heavy atom. The number of imidazole rings is 1. The van der Waals surface area contributed by atoms with E-state index in [1.165, 1.54) is 12.1 Å². The van der Waals surface area contributed by atoms with E-state index in [1.54, 1.807) is 18.3 Å². The second kappa shape index (κ2) is 7.72. The third-order valence-electron chi connectivity index (χ3n) is 5.55. The summed E-state index contributed by atoms with van der Waals surface area (Å²) in [7, 11) is 1.87. The summed E-state index contributed by atoms with van der Waals surface area (Å²) in [5, 5.41) is 3.15.